The molecule has 1 heterocycles. The summed E-state index contributed by atoms with van der Waals surface area (Å²) in [5.41, 5.74) is 1.94. The Hall–Kier alpha value is -2.10. The Balaban J connectivity index is 2.26. The molecular formula is C16H21N3O. The van der Waals surface area contributed by atoms with Crippen LogP contribution in [0.15, 0.2) is 30.3 Å². The van der Waals surface area contributed by atoms with Crippen LogP contribution in [0.2, 0.25) is 0 Å². The maximum absolute atomic E-state index is 5.64. The van der Waals surface area contributed by atoms with E-state index in [0.29, 0.717) is 0 Å². The molecule has 4 heteroatoms. The van der Waals surface area contributed by atoms with Crippen LogP contribution in [0.25, 0.3) is 11.4 Å². The molecule has 2 rings (SSSR count). The van der Waals surface area contributed by atoms with E-state index < -0.39 is 0 Å². The Morgan fingerprint density at radius 1 is 1.15 bits per heavy atom. The average molecular weight is 271 g/mol. The summed E-state index contributed by atoms with van der Waals surface area (Å²) in [7, 11) is 0. The second-order valence-corrected chi connectivity index (χ2v) is 4.94. The van der Waals surface area contributed by atoms with E-state index in [0.717, 1.165) is 35.2 Å². The fraction of sp³-hybridized carbons (Fsp3) is 0.375. The number of aromatic nitrogens is 2. The second-order valence-electron chi connectivity index (χ2n) is 4.94. The molecule has 106 valence electrons. The number of hydrogen-bond acceptors (Lipinski definition) is 4. The Labute approximate surface area is 120 Å². The second kappa shape index (κ2) is 6.37. The van der Waals surface area contributed by atoms with Crippen molar-refractivity contribution >= 4 is 5.82 Å². The fourth-order valence-electron chi connectivity index (χ4n) is 1.92. The zero-order valence-electron chi connectivity index (χ0n) is 12.5. The molecule has 1 aromatic carbocycles. The van der Waals surface area contributed by atoms with Gasteiger partial charge in [0, 0.05) is 23.9 Å². The summed E-state index contributed by atoms with van der Waals surface area (Å²) in [4.78, 5) is 9.01. The summed E-state index contributed by atoms with van der Waals surface area (Å²) in [5, 5.41) is 3.22. The van der Waals surface area contributed by atoms with Gasteiger partial charge in [-0.1, -0.05) is 0 Å². The summed E-state index contributed by atoms with van der Waals surface area (Å²) in [6.07, 6.45) is 0.177. The minimum Gasteiger partial charge on any atom is -0.491 e. The van der Waals surface area contributed by atoms with E-state index in [2.05, 4.69) is 22.2 Å². The van der Waals surface area contributed by atoms with Crippen molar-refractivity contribution in [2.24, 2.45) is 0 Å². The maximum atomic E-state index is 5.64. The van der Waals surface area contributed by atoms with Crippen molar-refractivity contribution in [3.05, 3.63) is 36.0 Å². The smallest absolute Gasteiger partial charge is 0.161 e. The lowest BCUT2D eigenvalue weighted by atomic mass is 10.2. The zero-order valence-corrected chi connectivity index (χ0v) is 12.5. The van der Waals surface area contributed by atoms with Crippen LogP contribution in [-0.4, -0.2) is 22.6 Å². The minimum atomic E-state index is 0.177. The van der Waals surface area contributed by atoms with Crippen LogP contribution in [0.1, 0.15) is 26.5 Å². The third-order valence-corrected chi connectivity index (χ3v) is 2.70. The highest BCUT2D eigenvalue weighted by atomic mass is 16.5. The number of benzene rings is 1. The van der Waals surface area contributed by atoms with Gasteiger partial charge in [0.05, 0.1) is 6.10 Å². The lowest BCUT2D eigenvalue weighted by Crippen LogP contribution is -2.05. The first-order valence-corrected chi connectivity index (χ1v) is 6.95. The van der Waals surface area contributed by atoms with Crippen LogP contribution in [0.3, 0.4) is 0 Å². The molecule has 20 heavy (non-hydrogen) atoms. The van der Waals surface area contributed by atoms with Crippen molar-refractivity contribution in [2.45, 2.75) is 33.8 Å². The van der Waals surface area contributed by atoms with Crippen molar-refractivity contribution in [1.82, 2.24) is 9.97 Å². The molecule has 0 spiro atoms. The van der Waals surface area contributed by atoms with Gasteiger partial charge in [-0.15, -0.1) is 0 Å². The number of rotatable bonds is 5. The van der Waals surface area contributed by atoms with E-state index in [9.17, 15) is 0 Å². The van der Waals surface area contributed by atoms with Crippen LogP contribution in [-0.2, 0) is 0 Å². The van der Waals surface area contributed by atoms with Gasteiger partial charge in [0.1, 0.15) is 11.6 Å². The van der Waals surface area contributed by atoms with Crippen molar-refractivity contribution in [2.75, 3.05) is 11.9 Å². The highest BCUT2D eigenvalue weighted by Crippen LogP contribution is 2.21. The fourth-order valence-corrected chi connectivity index (χ4v) is 1.92. The van der Waals surface area contributed by atoms with E-state index in [-0.39, 0.29) is 6.10 Å². The van der Waals surface area contributed by atoms with Crippen LogP contribution < -0.4 is 10.1 Å². The minimum absolute atomic E-state index is 0.177. The highest BCUT2D eigenvalue weighted by Gasteiger charge is 2.05. The van der Waals surface area contributed by atoms with Gasteiger partial charge in [0.2, 0.25) is 0 Å². The summed E-state index contributed by atoms with van der Waals surface area (Å²) in [6.45, 7) is 8.90. The number of aryl methyl sites for hydroxylation is 1. The first-order valence-electron chi connectivity index (χ1n) is 6.95. The van der Waals surface area contributed by atoms with E-state index in [1.165, 1.54) is 0 Å². The van der Waals surface area contributed by atoms with Gasteiger partial charge >= 0.3 is 0 Å². The van der Waals surface area contributed by atoms with Crippen molar-refractivity contribution in [1.29, 1.82) is 0 Å². The van der Waals surface area contributed by atoms with Gasteiger partial charge in [0.15, 0.2) is 5.82 Å². The molecule has 0 saturated heterocycles. The highest BCUT2D eigenvalue weighted by molar-refractivity contribution is 5.58. The van der Waals surface area contributed by atoms with Gasteiger partial charge in [-0.25, -0.2) is 9.97 Å². The zero-order chi connectivity index (χ0) is 14.5. The van der Waals surface area contributed by atoms with E-state index >= 15 is 0 Å². The standard InChI is InChI=1S/C16H21N3O/c1-5-17-15-10-12(4)18-16(19-15)13-6-8-14(9-7-13)20-11(2)3/h6-11H,5H2,1-4H3,(H,17,18,19). The summed E-state index contributed by atoms with van der Waals surface area (Å²) >= 11 is 0. The maximum Gasteiger partial charge on any atom is 0.161 e. The third-order valence-electron chi connectivity index (χ3n) is 2.70. The third kappa shape index (κ3) is 3.70. The SMILES string of the molecule is CCNc1cc(C)nc(-c2ccc(OC(C)C)cc2)n1. The van der Waals surface area contributed by atoms with Gasteiger partial charge in [-0.2, -0.15) is 0 Å². The Kier molecular flexibility index (Phi) is 4.56. The van der Waals surface area contributed by atoms with Gasteiger partial charge in [-0.05, 0) is 52.0 Å². The topological polar surface area (TPSA) is 47.0 Å². The molecule has 0 saturated carbocycles. The van der Waals surface area contributed by atoms with Crippen LogP contribution >= 0.6 is 0 Å². The molecule has 0 radical (unpaired) electrons. The molecule has 0 amide bonds. The molecule has 0 atom stereocenters. The molecule has 0 aliphatic rings. The molecule has 0 fully saturated rings. The normalized spacial score (nSPS) is 10.7. The molecule has 0 bridgehead atoms. The predicted octanol–water partition coefficient (Wildman–Crippen LogP) is 3.67. The summed E-state index contributed by atoms with van der Waals surface area (Å²) < 4.78 is 5.64. The summed E-state index contributed by atoms with van der Waals surface area (Å²) in [6, 6.07) is 9.83. The number of hydrogen-bond donors (Lipinski definition) is 1. The number of nitrogens with one attached hydrogen (secondary N) is 1. The van der Waals surface area contributed by atoms with Crippen molar-refractivity contribution < 1.29 is 4.74 Å². The van der Waals surface area contributed by atoms with E-state index in [1.54, 1.807) is 0 Å². The molecule has 0 aliphatic carbocycles. The van der Waals surface area contributed by atoms with Crippen molar-refractivity contribution in [3.63, 3.8) is 0 Å². The molecule has 2 aromatic rings. The first-order chi connectivity index (χ1) is 9.58. The van der Waals surface area contributed by atoms with Crippen LogP contribution in [0.4, 0.5) is 5.82 Å². The Morgan fingerprint density at radius 3 is 2.45 bits per heavy atom. The first kappa shape index (κ1) is 14.3. The average Bonchev–Trinajstić information content (AvgIpc) is 2.38. The van der Waals surface area contributed by atoms with E-state index in [1.807, 2.05) is 51.1 Å². The molecule has 1 N–H and O–H groups in total. The largest absolute Gasteiger partial charge is 0.491 e. The predicted molar refractivity (Wildman–Crippen MR) is 82.1 cm³/mol. The lowest BCUT2D eigenvalue weighted by Gasteiger charge is -2.10. The molecule has 4 nitrogen and oxygen atoms in total. The monoisotopic (exact) mass is 271 g/mol. The Bertz CT molecular complexity index is 564. The van der Waals surface area contributed by atoms with Crippen LogP contribution in [0.5, 0.6) is 5.75 Å². The van der Waals surface area contributed by atoms with E-state index in [4.69, 9.17) is 4.74 Å². The number of ether oxygens (including phenoxy) is 1. The number of anilines is 1. The molecule has 1 aromatic heterocycles. The van der Waals surface area contributed by atoms with Crippen LogP contribution in [0, 0.1) is 6.92 Å². The molecule has 0 aliphatic heterocycles. The van der Waals surface area contributed by atoms with Crippen molar-refractivity contribution in [3.8, 4) is 17.1 Å². The quantitative estimate of drug-likeness (QED) is 0.901. The van der Waals surface area contributed by atoms with Gasteiger partial charge in [-0.3, -0.25) is 0 Å². The summed E-state index contributed by atoms with van der Waals surface area (Å²) in [5.74, 6) is 2.46. The van der Waals surface area contributed by atoms with Gasteiger partial charge < -0.3 is 10.1 Å². The molecule has 0 unspecified atom stereocenters. The molecular weight excluding hydrogens is 250 g/mol. The number of nitrogens with zero attached hydrogens (tertiary/aromatic N) is 2. The van der Waals surface area contributed by atoms with Gasteiger partial charge in [0.25, 0.3) is 0 Å². The lowest BCUT2D eigenvalue weighted by molar-refractivity contribution is 0.242. The Morgan fingerprint density at radius 2 is 1.85 bits per heavy atom.